The van der Waals surface area contributed by atoms with E-state index in [9.17, 15) is 29.5 Å². The number of carbonyl (C=O) groups is 2. The molecule has 0 spiro atoms. The van der Waals surface area contributed by atoms with Crippen LogP contribution in [0.25, 0.3) is 0 Å². The average molecular weight is 689 g/mol. The zero-order valence-corrected chi connectivity index (χ0v) is 29.4. The Kier molecular flexibility index (Phi) is 23.9. The Morgan fingerprint density at radius 1 is 0.830 bits per heavy atom. The summed E-state index contributed by atoms with van der Waals surface area (Å²) in [6.45, 7) is 3.22. The molecule has 0 aliphatic heterocycles. The van der Waals surface area contributed by atoms with Gasteiger partial charge in [0.05, 0.1) is 31.3 Å². The van der Waals surface area contributed by atoms with E-state index in [2.05, 4.69) is 30.5 Å². The van der Waals surface area contributed by atoms with Crippen LogP contribution in [0.5, 0.6) is 0 Å². The van der Waals surface area contributed by atoms with Gasteiger partial charge in [-0.25, -0.2) is 4.57 Å². The number of rotatable bonds is 27. The molecule has 0 aromatic heterocycles. The predicted molar refractivity (Wildman–Crippen MR) is 181 cm³/mol. The Balaban J connectivity index is 2.47. The van der Waals surface area contributed by atoms with Crippen molar-refractivity contribution < 1.29 is 53.3 Å². The molecule has 0 unspecified atom stereocenters. The lowest BCUT2D eigenvalue weighted by Gasteiger charge is -2.20. The number of esters is 2. The Hall–Kier alpha value is -1.85. The summed E-state index contributed by atoms with van der Waals surface area (Å²) in [5.74, 6) is -1.84. The van der Waals surface area contributed by atoms with Crippen LogP contribution in [0.2, 0.25) is 0 Å². The number of aliphatic hydroxyl groups is 3. The van der Waals surface area contributed by atoms with Crippen molar-refractivity contribution in [3.8, 4) is 0 Å². The van der Waals surface area contributed by atoms with Gasteiger partial charge in [0.25, 0.3) is 0 Å². The van der Waals surface area contributed by atoms with Crippen molar-refractivity contribution in [3.63, 3.8) is 0 Å². The van der Waals surface area contributed by atoms with Crippen LogP contribution in [0.15, 0.2) is 36.5 Å². The van der Waals surface area contributed by atoms with Crippen molar-refractivity contribution >= 4 is 19.8 Å². The molecule has 1 fully saturated rings. The molecule has 0 amide bonds. The third kappa shape index (κ3) is 22.4. The van der Waals surface area contributed by atoms with Gasteiger partial charge in [0.15, 0.2) is 6.10 Å². The molecule has 272 valence electrons. The quantitative estimate of drug-likeness (QED) is 0.0286. The molecule has 0 saturated heterocycles. The summed E-state index contributed by atoms with van der Waals surface area (Å²) in [5.41, 5.74) is 0. The smallest absolute Gasteiger partial charge is 0.462 e. The highest BCUT2D eigenvalue weighted by molar-refractivity contribution is 7.46. The highest BCUT2D eigenvalue weighted by Gasteiger charge is 2.39. The van der Waals surface area contributed by atoms with Gasteiger partial charge in [-0.3, -0.25) is 14.1 Å². The number of unbranched alkanes of at least 4 members (excludes halogenated alkanes) is 9. The number of phosphoric ester groups is 1. The Labute approximate surface area is 281 Å². The molecule has 47 heavy (non-hydrogen) atoms. The van der Waals surface area contributed by atoms with E-state index < -0.39 is 57.4 Å². The van der Waals surface area contributed by atoms with Gasteiger partial charge in [-0.2, -0.15) is 0 Å². The maximum atomic E-state index is 12.5. The number of allylic oxidation sites excluding steroid dienone is 3. The molecule has 0 aromatic carbocycles. The molecule has 1 saturated carbocycles. The molecular formula is C35H61O11P. The normalized spacial score (nSPS) is 21.6. The first-order chi connectivity index (χ1) is 22.5. The lowest BCUT2D eigenvalue weighted by Crippen LogP contribution is -2.29. The number of ether oxygens (including phenoxy) is 2. The highest BCUT2D eigenvalue weighted by atomic mass is 31.2. The summed E-state index contributed by atoms with van der Waals surface area (Å²) in [6.07, 6.45) is 21.5. The number of hydrogen-bond donors (Lipinski definition) is 5. The molecule has 0 aromatic rings. The molecule has 11 nitrogen and oxygen atoms in total. The molecule has 0 heterocycles. The SMILES string of the molecule is CCCC/C=C\CCCCCCCC(=O)OC[C@H](COP(=O)(O)O)OC(=O)C/C=C\C[C@H]1[C@@H](/C=C/[C@H](O)CCCCC)[C@H](O)C[C@@H]1O. The summed E-state index contributed by atoms with van der Waals surface area (Å²) in [4.78, 5) is 42.8. The summed E-state index contributed by atoms with van der Waals surface area (Å²) >= 11 is 0. The van der Waals surface area contributed by atoms with Crippen LogP contribution >= 0.6 is 7.82 Å². The van der Waals surface area contributed by atoms with Crippen LogP contribution in [-0.4, -0.2) is 74.7 Å². The summed E-state index contributed by atoms with van der Waals surface area (Å²) in [7, 11) is -4.84. The van der Waals surface area contributed by atoms with Gasteiger partial charge < -0.3 is 34.6 Å². The van der Waals surface area contributed by atoms with Crippen molar-refractivity contribution in [3.05, 3.63) is 36.5 Å². The minimum atomic E-state index is -4.84. The van der Waals surface area contributed by atoms with Crippen LogP contribution in [0.3, 0.4) is 0 Å². The van der Waals surface area contributed by atoms with Crippen LogP contribution < -0.4 is 0 Å². The van der Waals surface area contributed by atoms with Crippen LogP contribution in [-0.2, 0) is 28.2 Å². The van der Waals surface area contributed by atoms with Gasteiger partial charge >= 0.3 is 19.8 Å². The van der Waals surface area contributed by atoms with Crippen LogP contribution in [0, 0.1) is 11.8 Å². The molecule has 1 rings (SSSR count). The minimum Gasteiger partial charge on any atom is -0.462 e. The zero-order valence-electron chi connectivity index (χ0n) is 28.5. The average Bonchev–Trinajstić information content (AvgIpc) is 3.29. The first kappa shape index (κ1) is 43.2. The number of carbonyl (C=O) groups excluding carboxylic acids is 2. The predicted octanol–water partition coefficient (Wildman–Crippen LogP) is 6.22. The third-order valence-electron chi connectivity index (χ3n) is 8.23. The van der Waals surface area contributed by atoms with Crippen molar-refractivity contribution in [1.82, 2.24) is 0 Å². The van der Waals surface area contributed by atoms with Crippen LogP contribution in [0.1, 0.15) is 123 Å². The van der Waals surface area contributed by atoms with Gasteiger partial charge in [-0.1, -0.05) is 102 Å². The first-order valence-corrected chi connectivity index (χ1v) is 19.1. The van der Waals surface area contributed by atoms with Crippen LogP contribution in [0.4, 0.5) is 0 Å². The van der Waals surface area contributed by atoms with Crippen molar-refractivity contribution in [2.45, 2.75) is 147 Å². The van der Waals surface area contributed by atoms with Crippen molar-refractivity contribution in [2.75, 3.05) is 13.2 Å². The Morgan fingerprint density at radius 3 is 2.21 bits per heavy atom. The number of hydrogen-bond acceptors (Lipinski definition) is 9. The second-order valence-corrected chi connectivity index (χ2v) is 13.7. The van der Waals surface area contributed by atoms with E-state index in [0.717, 1.165) is 57.8 Å². The Morgan fingerprint density at radius 2 is 1.51 bits per heavy atom. The van der Waals surface area contributed by atoms with Gasteiger partial charge in [-0.15, -0.1) is 0 Å². The molecule has 12 heteroatoms. The van der Waals surface area contributed by atoms with Gasteiger partial charge in [0, 0.05) is 18.8 Å². The van der Waals surface area contributed by atoms with E-state index >= 15 is 0 Å². The lowest BCUT2D eigenvalue weighted by atomic mass is 9.89. The second-order valence-electron chi connectivity index (χ2n) is 12.5. The fourth-order valence-corrected chi connectivity index (χ4v) is 5.86. The topological polar surface area (TPSA) is 180 Å². The minimum absolute atomic E-state index is 0.170. The maximum absolute atomic E-state index is 12.5. The molecule has 5 N–H and O–H groups in total. The summed E-state index contributed by atoms with van der Waals surface area (Å²) in [6, 6.07) is 0. The molecular weight excluding hydrogens is 627 g/mol. The van der Waals surface area contributed by atoms with Crippen molar-refractivity contribution in [1.29, 1.82) is 0 Å². The summed E-state index contributed by atoms with van der Waals surface area (Å²) < 4.78 is 26.2. The molecule has 0 bridgehead atoms. The van der Waals surface area contributed by atoms with Gasteiger partial charge in [-0.05, 0) is 44.4 Å². The number of phosphoric acid groups is 1. The highest BCUT2D eigenvalue weighted by Crippen LogP contribution is 2.37. The molecule has 1 aliphatic carbocycles. The van der Waals surface area contributed by atoms with E-state index in [1.165, 1.54) is 12.8 Å². The maximum Gasteiger partial charge on any atom is 0.469 e. The number of aliphatic hydroxyl groups excluding tert-OH is 3. The summed E-state index contributed by atoms with van der Waals surface area (Å²) in [5, 5.41) is 31.1. The standard InChI is InChI=1S/C35H61O11P/c1-3-5-7-8-9-10-11-12-13-14-16-21-34(39)44-26-29(27-45-47(41,42)43)46-35(40)22-18-17-20-30-31(33(38)25-32(30)37)24-23-28(36)19-15-6-4-2/h8-9,17-18,23-24,28-33,36-38H,3-7,10-16,19-22,25-27H2,1-2H3,(H2,41,42,43)/b9-8-,18-17-,24-23+/t28-,29-,30+,31-,32+,33-/m1/s1. The van der Waals surface area contributed by atoms with Gasteiger partial charge in [0.1, 0.15) is 6.61 Å². The Bertz CT molecular complexity index is 977. The largest absolute Gasteiger partial charge is 0.469 e. The molecule has 1 aliphatic rings. The van der Waals surface area contributed by atoms with E-state index in [1.54, 1.807) is 24.3 Å². The third-order valence-corrected chi connectivity index (χ3v) is 8.72. The van der Waals surface area contributed by atoms with E-state index in [-0.39, 0.29) is 31.1 Å². The van der Waals surface area contributed by atoms with E-state index in [1.807, 2.05) is 0 Å². The monoisotopic (exact) mass is 688 g/mol. The van der Waals surface area contributed by atoms with E-state index in [4.69, 9.17) is 19.3 Å². The fraction of sp³-hybridized carbons (Fsp3) is 0.771. The first-order valence-electron chi connectivity index (χ1n) is 17.5. The fourth-order valence-electron chi connectivity index (χ4n) is 5.50. The second kappa shape index (κ2) is 26.1. The van der Waals surface area contributed by atoms with Crippen molar-refractivity contribution in [2.24, 2.45) is 11.8 Å². The van der Waals surface area contributed by atoms with Gasteiger partial charge in [0.2, 0.25) is 0 Å². The molecule has 0 radical (unpaired) electrons. The zero-order chi connectivity index (χ0) is 34.9. The lowest BCUT2D eigenvalue weighted by molar-refractivity contribution is -0.160. The van der Waals surface area contributed by atoms with E-state index in [0.29, 0.717) is 19.3 Å². The molecule has 6 atom stereocenters.